The third-order valence-corrected chi connectivity index (χ3v) is 17.2. The van der Waals surface area contributed by atoms with Crippen molar-refractivity contribution in [1.29, 1.82) is 0 Å². The topological polar surface area (TPSA) is 516 Å². The van der Waals surface area contributed by atoms with Crippen molar-refractivity contribution in [2.45, 2.75) is 266 Å². The van der Waals surface area contributed by atoms with Gasteiger partial charge in [0, 0.05) is 48.5 Å². The van der Waals surface area contributed by atoms with Crippen LogP contribution in [-0.2, 0) is 95.1 Å². The third kappa shape index (κ3) is 30.3. The number of hydrogen-bond acceptors (Lipinski definition) is 35. The molecule has 4 fully saturated rings. The van der Waals surface area contributed by atoms with Crippen LogP contribution in [-0.4, -0.2) is 212 Å². The lowest BCUT2D eigenvalue weighted by atomic mass is 10.1. The minimum Gasteiger partial charge on any atom is -0.518 e. The second-order valence-corrected chi connectivity index (χ2v) is 36.9. The molecule has 0 spiro atoms. The molecular weight excluding hydrogens is 1560 g/mol. The monoisotopic (exact) mass is 1660 g/mol. The number of amides is 2. The highest BCUT2D eigenvalue weighted by molar-refractivity contribution is 6.79. The number of nitrogens with one attached hydrogen (secondary N) is 3. The second-order valence-electron chi connectivity index (χ2n) is 27.7. The smallest absolute Gasteiger partial charge is 0.412 e. The fourth-order valence-corrected chi connectivity index (χ4v) is 12.2. The van der Waals surface area contributed by atoms with Gasteiger partial charge in [0.2, 0.25) is 20.7 Å². The van der Waals surface area contributed by atoms with E-state index in [1.165, 1.54) is 41.5 Å². The van der Waals surface area contributed by atoms with Gasteiger partial charge in [-0.1, -0.05) is 59.2 Å². The molecule has 4 aromatic heterocycles. The maximum absolute atomic E-state index is 14.5. The number of carbonyl (C=O) groups excluding carboxylic acids is 9. The number of aliphatic hydroxyl groups is 2. The van der Waals surface area contributed by atoms with Gasteiger partial charge in [0.25, 0.3) is 0 Å². The number of aliphatic hydroxyl groups excluding tert-OH is 2. The highest BCUT2D eigenvalue weighted by Crippen LogP contribution is 2.36. The molecule has 4 aliphatic heterocycles. The Hall–Kier alpha value is -10.1. The zero-order valence-electron chi connectivity index (χ0n) is 66.4. The zero-order valence-corrected chi connectivity index (χ0v) is 68.4. The standard InChI is InChI=1S/C19H26FN3O8.C15H22FN3O6.C13H16FN3O6.C11H16O7.C10H20FN3OSi2/c1-5-6-7-8-28-19(27)22-16-13(20)9-23(18(26)21-16)17-15(31-12(4)25)14(10(2)29-17)30-11(3)24;1-3-4-5-6-24-15(23)18-12-9(16)7-19(14(22)17-12)13-11(21)10(20)8(2)25-13;1-5-9(22-6(2)18)10(23-7(3)19)12(21-5)17-4-8(14)11(15)16-13(17)20;1-5-9(16-6(2)12)10(17-7(3)13)11(15-5)18-8(4)14;1-16(2,3)14-9-8(11)7-12-10(13-9)15-17(4,5)6/h9-10,14-15,17H,5-8H2,1-4H3,(H,21,22,26,27);7-8,10-11,13,20-21H,3-6H2,1-2H3,(H,17,18,22,23);4-5,9-10,12H,1-3H3,(H2,15,16,20);5,9-11H,1-4H3;7H,1-6H3,(H,12,13,14)/t10-,14-,15?,17-;8-,10-,11?,13-;5-,9-,10?,12-;5-,9-,10?,11?;/m1111./s1. The Labute approximate surface area is 653 Å². The van der Waals surface area contributed by atoms with Gasteiger partial charge in [-0.25, -0.2) is 46.5 Å². The number of nitrogen functional groups attached to an aromatic ring is 1. The molecule has 8 heterocycles. The highest BCUT2D eigenvalue weighted by atomic mass is 28.4. The van der Waals surface area contributed by atoms with Crippen molar-refractivity contribution < 1.29 is 137 Å². The summed E-state index contributed by atoms with van der Waals surface area (Å²) in [4.78, 5) is 159. The largest absolute Gasteiger partial charge is 0.518 e. The molecule has 2 amide bonds. The van der Waals surface area contributed by atoms with E-state index >= 15 is 0 Å². The molecule has 7 N–H and O–H groups in total. The summed E-state index contributed by atoms with van der Waals surface area (Å²) in [6.45, 7) is 31.2. The van der Waals surface area contributed by atoms with Crippen LogP contribution in [0, 0.1) is 23.3 Å². The van der Waals surface area contributed by atoms with Crippen molar-refractivity contribution in [2.75, 3.05) is 34.6 Å². The summed E-state index contributed by atoms with van der Waals surface area (Å²) < 4.78 is 131. The Bertz CT molecular complexity index is 4180. The summed E-state index contributed by atoms with van der Waals surface area (Å²) >= 11 is 0. The van der Waals surface area contributed by atoms with Gasteiger partial charge in [-0.3, -0.25) is 57.9 Å². The molecule has 46 heteroatoms. The van der Waals surface area contributed by atoms with Crippen LogP contribution in [0.5, 0.6) is 6.01 Å². The van der Waals surface area contributed by atoms with Gasteiger partial charge < -0.3 is 86.9 Å². The molecule has 0 saturated carbocycles. The number of ether oxygens (including phenoxy) is 13. The Kier molecular flexibility index (Phi) is 37.1. The maximum atomic E-state index is 14.5. The van der Waals surface area contributed by atoms with E-state index < -0.39 is 227 Å². The van der Waals surface area contributed by atoms with E-state index in [-0.39, 0.29) is 25.0 Å². The molecule has 40 nitrogen and oxygen atoms in total. The molecule has 4 aromatic rings. The van der Waals surface area contributed by atoms with E-state index in [0.717, 1.165) is 78.0 Å². The predicted octanol–water partition coefficient (Wildman–Crippen LogP) is 5.64. The lowest BCUT2D eigenvalue weighted by molar-refractivity contribution is -0.194. The van der Waals surface area contributed by atoms with E-state index in [1.807, 2.05) is 33.5 Å². The summed E-state index contributed by atoms with van der Waals surface area (Å²) in [5.74, 6) is -9.26. The van der Waals surface area contributed by atoms with Crippen molar-refractivity contribution >= 4 is 93.8 Å². The molecule has 5 unspecified atom stereocenters. The van der Waals surface area contributed by atoms with Gasteiger partial charge >= 0.3 is 77.1 Å². The van der Waals surface area contributed by atoms with Crippen molar-refractivity contribution in [2.24, 2.45) is 0 Å². The van der Waals surface area contributed by atoms with E-state index in [0.29, 0.717) is 12.8 Å². The molecule has 0 radical (unpaired) electrons. The van der Waals surface area contributed by atoms with Crippen LogP contribution in [0.1, 0.15) is 147 Å². The first-order valence-electron chi connectivity index (χ1n) is 35.7. The Balaban J connectivity index is 0.000000305. The number of unbranched alkanes of at least 4 members (excludes halogenated alkanes) is 4. The van der Waals surface area contributed by atoms with Crippen LogP contribution in [0.3, 0.4) is 0 Å². The fraction of sp³-hybridized carbons (Fsp3) is 0.632. The molecule has 16 atom stereocenters. The summed E-state index contributed by atoms with van der Waals surface area (Å²) in [5, 5.41) is 23.7. The van der Waals surface area contributed by atoms with Crippen LogP contribution >= 0.6 is 0 Å². The number of carbonyl (C=O) groups is 9. The maximum Gasteiger partial charge on any atom is 0.412 e. The van der Waals surface area contributed by atoms with Gasteiger partial charge in [0.15, 0.2) is 95.7 Å². The van der Waals surface area contributed by atoms with Gasteiger partial charge in [-0.2, -0.15) is 19.9 Å². The number of aromatic nitrogens is 8. The molecule has 4 saturated heterocycles. The Morgan fingerprint density at radius 1 is 0.465 bits per heavy atom. The molecule has 4 aliphatic rings. The normalized spacial score (nSPS) is 23.9. The number of rotatable bonds is 24. The number of anilines is 4. The van der Waals surface area contributed by atoms with Crippen LogP contribution in [0.2, 0.25) is 39.3 Å². The summed E-state index contributed by atoms with van der Waals surface area (Å²) in [6.07, 6.45) is -9.64. The van der Waals surface area contributed by atoms with Gasteiger partial charge in [0.05, 0.1) is 62.4 Å². The van der Waals surface area contributed by atoms with Crippen LogP contribution < -0.4 is 42.8 Å². The molecule has 0 aromatic carbocycles. The Morgan fingerprint density at radius 2 is 0.825 bits per heavy atom. The van der Waals surface area contributed by atoms with E-state index in [1.54, 1.807) is 20.8 Å². The quantitative estimate of drug-likeness (QED) is 0.0162. The highest BCUT2D eigenvalue weighted by Gasteiger charge is 2.52. The van der Waals surface area contributed by atoms with E-state index in [4.69, 9.17) is 71.7 Å². The summed E-state index contributed by atoms with van der Waals surface area (Å²) in [5.41, 5.74) is 2.41. The van der Waals surface area contributed by atoms with E-state index in [9.17, 15) is 85.3 Å². The molecule has 0 aliphatic carbocycles. The average molecular weight is 1670 g/mol. The van der Waals surface area contributed by atoms with Crippen LogP contribution in [0.15, 0.2) is 39.2 Å². The number of nitrogens with two attached hydrogens (primary N) is 1. The minimum absolute atomic E-state index is 0.147. The molecule has 8 rings (SSSR count). The third-order valence-electron chi connectivity index (χ3n) is 15.4. The molecule has 0 bridgehead atoms. The van der Waals surface area contributed by atoms with Crippen molar-refractivity contribution in [1.82, 2.24) is 38.6 Å². The van der Waals surface area contributed by atoms with Crippen molar-refractivity contribution in [3.63, 3.8) is 0 Å². The number of nitrogens with zero attached hydrogens (tertiary/aromatic N) is 8. The first kappa shape index (κ1) is 96.2. The molecule has 114 heavy (non-hydrogen) atoms. The summed E-state index contributed by atoms with van der Waals surface area (Å²) in [6, 6.07) is 0.256. The lowest BCUT2D eigenvalue weighted by Gasteiger charge is -2.23. The van der Waals surface area contributed by atoms with E-state index in [2.05, 4.69) is 60.2 Å². The molecular formula is C68H100F4N12O28Si2. The van der Waals surface area contributed by atoms with Gasteiger partial charge in [-0.15, -0.1) is 0 Å². The van der Waals surface area contributed by atoms with Gasteiger partial charge in [-0.05, 0) is 60.2 Å². The average Bonchev–Trinajstić information content (AvgIpc) is 1.63. The predicted molar refractivity (Wildman–Crippen MR) is 392 cm³/mol. The lowest BCUT2D eigenvalue weighted by Crippen LogP contribution is -2.40. The minimum atomic E-state index is -1.76. The summed E-state index contributed by atoms with van der Waals surface area (Å²) in [7, 11) is -3.40. The molecule has 636 valence electrons. The Morgan fingerprint density at radius 3 is 1.20 bits per heavy atom. The first-order valence-corrected chi connectivity index (χ1v) is 42.6. The van der Waals surface area contributed by atoms with Gasteiger partial charge in [0.1, 0.15) is 20.4 Å². The number of halogens is 4. The number of hydrogen-bond donors (Lipinski definition) is 6. The van der Waals surface area contributed by atoms with Crippen molar-refractivity contribution in [3.05, 3.63) is 79.5 Å². The van der Waals surface area contributed by atoms with Crippen LogP contribution in [0.25, 0.3) is 0 Å². The number of esters is 7. The second kappa shape index (κ2) is 43.9. The first-order chi connectivity index (χ1) is 53.1. The van der Waals surface area contributed by atoms with Crippen LogP contribution in [0.4, 0.5) is 50.4 Å². The van der Waals surface area contributed by atoms with Crippen molar-refractivity contribution in [3.8, 4) is 6.01 Å². The zero-order chi connectivity index (χ0) is 86.1. The fourth-order valence-electron chi connectivity index (χ4n) is 10.7. The SMILES string of the molecule is CC(=O)OC1O[C@H](C)[C@@H](OC(C)=O)C1OC(C)=O.CC(=O)OC1[C@H](n2cc(F)c(N)nc2=O)O[C@H](C)[C@H]1OC(C)=O.CCCCCOC(=O)Nc1nc(=O)n([C@@H]2O[C@H](C)[C@@H](O)C2O)cc1F.CCCCCOC(=O)Nc1nc(=O)n([C@@H]2O[C@H](C)[C@@H](OC(C)=O)C2OC(C)=O)cc1F.C[Si](C)(C)Nc1nc(O[Si](C)(C)C)ncc1F.